The number of ether oxygens (including phenoxy) is 1. The Morgan fingerprint density at radius 1 is 1.11 bits per heavy atom. The lowest BCUT2D eigenvalue weighted by atomic mass is 10.2. The molecule has 1 aromatic heterocycles. The van der Waals surface area contributed by atoms with Crippen molar-refractivity contribution in [3.05, 3.63) is 82.9 Å². The summed E-state index contributed by atoms with van der Waals surface area (Å²) in [7, 11) is 0. The predicted molar refractivity (Wildman–Crippen MR) is 102 cm³/mol. The number of hydrogen-bond acceptors (Lipinski definition) is 4. The van der Waals surface area contributed by atoms with Crippen LogP contribution in [0.5, 0.6) is 0 Å². The average molecular weight is 381 g/mol. The molecule has 0 aliphatic heterocycles. The lowest BCUT2D eigenvalue weighted by molar-refractivity contribution is -0.124. The van der Waals surface area contributed by atoms with E-state index in [-0.39, 0.29) is 6.54 Å². The summed E-state index contributed by atoms with van der Waals surface area (Å²) in [5.74, 6) is -1.51. The standard InChI is InChI=1S/C21H20FN3O3/c1-14-11-15(2)25(24-14)18-9-7-16(8-10-18)21(27)28-13-20(26)23-12-17-5-3-4-6-19(17)22/h3-11H,12-13H2,1-2H3,(H,23,26). The third-order valence-corrected chi connectivity index (χ3v) is 4.13. The molecule has 0 unspecified atom stereocenters. The summed E-state index contributed by atoms with van der Waals surface area (Å²) in [6.07, 6.45) is 0. The molecule has 3 rings (SSSR count). The van der Waals surface area contributed by atoms with Crippen LogP contribution in [0.3, 0.4) is 0 Å². The van der Waals surface area contributed by atoms with Crippen molar-refractivity contribution >= 4 is 11.9 Å². The van der Waals surface area contributed by atoms with Gasteiger partial charge >= 0.3 is 5.97 Å². The Bertz CT molecular complexity index is 996. The van der Waals surface area contributed by atoms with Crippen LogP contribution in [0.4, 0.5) is 4.39 Å². The van der Waals surface area contributed by atoms with E-state index in [1.165, 1.54) is 6.07 Å². The summed E-state index contributed by atoms with van der Waals surface area (Å²) in [6, 6.07) is 14.9. The Balaban J connectivity index is 1.52. The molecular weight excluding hydrogens is 361 g/mol. The Morgan fingerprint density at radius 3 is 2.46 bits per heavy atom. The van der Waals surface area contributed by atoms with E-state index in [1.54, 1.807) is 47.1 Å². The zero-order chi connectivity index (χ0) is 20.1. The van der Waals surface area contributed by atoms with E-state index in [0.29, 0.717) is 11.1 Å². The topological polar surface area (TPSA) is 73.2 Å². The number of benzene rings is 2. The number of aryl methyl sites for hydroxylation is 2. The van der Waals surface area contributed by atoms with Crippen LogP contribution in [-0.2, 0) is 16.1 Å². The van der Waals surface area contributed by atoms with Crippen molar-refractivity contribution in [3.63, 3.8) is 0 Å². The molecule has 6 nitrogen and oxygen atoms in total. The molecule has 1 amide bonds. The van der Waals surface area contributed by atoms with Crippen molar-refractivity contribution < 1.29 is 18.7 Å². The number of carbonyl (C=O) groups is 2. The first-order valence-electron chi connectivity index (χ1n) is 8.75. The Labute approximate surface area is 161 Å². The summed E-state index contributed by atoms with van der Waals surface area (Å²) < 4.78 is 20.3. The summed E-state index contributed by atoms with van der Waals surface area (Å²) in [6.45, 7) is 3.45. The Hall–Kier alpha value is -3.48. The summed E-state index contributed by atoms with van der Waals surface area (Å²) >= 11 is 0. The number of halogens is 1. The molecule has 3 aromatic rings. The largest absolute Gasteiger partial charge is 0.452 e. The van der Waals surface area contributed by atoms with Gasteiger partial charge in [0.2, 0.25) is 0 Å². The lowest BCUT2D eigenvalue weighted by Gasteiger charge is -2.08. The fourth-order valence-corrected chi connectivity index (χ4v) is 2.73. The molecule has 0 aliphatic rings. The van der Waals surface area contributed by atoms with Crippen LogP contribution in [0.2, 0.25) is 0 Å². The van der Waals surface area contributed by atoms with Crippen LogP contribution in [0.25, 0.3) is 5.69 Å². The van der Waals surface area contributed by atoms with E-state index >= 15 is 0 Å². The van der Waals surface area contributed by atoms with Gasteiger partial charge in [0.1, 0.15) is 5.82 Å². The molecule has 2 aromatic carbocycles. The highest BCUT2D eigenvalue weighted by molar-refractivity contribution is 5.91. The van der Waals surface area contributed by atoms with Gasteiger partial charge in [0.25, 0.3) is 5.91 Å². The summed E-state index contributed by atoms with van der Waals surface area (Å²) in [4.78, 5) is 23.9. The highest BCUT2D eigenvalue weighted by Gasteiger charge is 2.12. The minimum absolute atomic E-state index is 0.0282. The third kappa shape index (κ3) is 4.62. The Kier molecular flexibility index (Phi) is 5.84. The summed E-state index contributed by atoms with van der Waals surface area (Å²) in [5, 5.41) is 6.91. The van der Waals surface area contributed by atoms with Crippen molar-refractivity contribution in [2.24, 2.45) is 0 Å². The molecule has 28 heavy (non-hydrogen) atoms. The maximum Gasteiger partial charge on any atom is 0.338 e. The zero-order valence-electron chi connectivity index (χ0n) is 15.6. The third-order valence-electron chi connectivity index (χ3n) is 4.13. The quantitative estimate of drug-likeness (QED) is 0.666. The van der Waals surface area contributed by atoms with Gasteiger partial charge < -0.3 is 10.1 Å². The smallest absolute Gasteiger partial charge is 0.338 e. The first-order chi connectivity index (χ1) is 13.4. The van der Waals surface area contributed by atoms with Gasteiger partial charge in [0.05, 0.1) is 16.9 Å². The van der Waals surface area contributed by atoms with Crippen molar-refractivity contribution in [2.75, 3.05) is 6.61 Å². The van der Waals surface area contributed by atoms with Gasteiger partial charge in [-0.15, -0.1) is 0 Å². The number of rotatable bonds is 6. The first-order valence-corrected chi connectivity index (χ1v) is 8.75. The normalized spacial score (nSPS) is 10.5. The van der Waals surface area contributed by atoms with Crippen LogP contribution >= 0.6 is 0 Å². The number of hydrogen-bond donors (Lipinski definition) is 1. The van der Waals surface area contributed by atoms with Gasteiger partial charge in [-0.05, 0) is 50.2 Å². The molecule has 0 fully saturated rings. The second-order valence-electron chi connectivity index (χ2n) is 6.33. The van der Waals surface area contributed by atoms with Gasteiger partial charge in [-0.25, -0.2) is 13.9 Å². The maximum atomic E-state index is 13.5. The summed E-state index contributed by atoms with van der Waals surface area (Å²) in [5.41, 5.74) is 3.40. The van der Waals surface area contributed by atoms with Crippen molar-refractivity contribution in [2.45, 2.75) is 20.4 Å². The Morgan fingerprint density at radius 2 is 1.82 bits per heavy atom. The first kappa shape index (κ1) is 19.3. The predicted octanol–water partition coefficient (Wildman–Crippen LogP) is 3.10. The van der Waals surface area contributed by atoms with E-state index in [2.05, 4.69) is 10.4 Å². The van der Waals surface area contributed by atoms with E-state index in [9.17, 15) is 14.0 Å². The van der Waals surface area contributed by atoms with E-state index in [1.807, 2.05) is 19.9 Å². The van der Waals surface area contributed by atoms with Crippen LogP contribution in [0.1, 0.15) is 27.3 Å². The van der Waals surface area contributed by atoms with Gasteiger partial charge in [-0.1, -0.05) is 18.2 Å². The monoisotopic (exact) mass is 381 g/mol. The number of esters is 1. The second kappa shape index (κ2) is 8.47. The van der Waals surface area contributed by atoms with Gasteiger partial charge in [0.15, 0.2) is 6.61 Å². The highest BCUT2D eigenvalue weighted by atomic mass is 19.1. The molecule has 0 bridgehead atoms. The highest BCUT2D eigenvalue weighted by Crippen LogP contribution is 2.13. The molecule has 0 saturated heterocycles. The van der Waals surface area contributed by atoms with Crippen LogP contribution in [-0.4, -0.2) is 28.3 Å². The van der Waals surface area contributed by atoms with E-state index in [0.717, 1.165) is 17.1 Å². The van der Waals surface area contributed by atoms with Crippen LogP contribution < -0.4 is 5.32 Å². The van der Waals surface area contributed by atoms with Crippen LogP contribution in [0, 0.1) is 19.7 Å². The number of carbonyl (C=O) groups excluding carboxylic acids is 2. The van der Waals surface area contributed by atoms with Crippen molar-refractivity contribution in [3.8, 4) is 5.69 Å². The van der Waals surface area contributed by atoms with Crippen molar-refractivity contribution in [1.29, 1.82) is 0 Å². The fourth-order valence-electron chi connectivity index (χ4n) is 2.73. The maximum absolute atomic E-state index is 13.5. The number of aromatic nitrogens is 2. The molecule has 0 spiro atoms. The van der Waals surface area contributed by atoms with E-state index < -0.39 is 24.3 Å². The molecule has 1 heterocycles. The molecule has 0 atom stereocenters. The molecule has 0 saturated carbocycles. The molecule has 1 N–H and O–H groups in total. The zero-order valence-corrected chi connectivity index (χ0v) is 15.6. The fraction of sp³-hybridized carbons (Fsp3) is 0.190. The van der Waals surface area contributed by atoms with Gasteiger partial charge in [-0.2, -0.15) is 5.10 Å². The average Bonchev–Trinajstić information content (AvgIpc) is 3.03. The SMILES string of the molecule is Cc1cc(C)n(-c2ccc(C(=O)OCC(=O)NCc3ccccc3F)cc2)n1. The molecule has 144 valence electrons. The molecule has 7 heteroatoms. The molecule has 0 aliphatic carbocycles. The number of nitrogens with zero attached hydrogens (tertiary/aromatic N) is 2. The second-order valence-corrected chi connectivity index (χ2v) is 6.33. The van der Waals surface area contributed by atoms with Crippen LogP contribution in [0.15, 0.2) is 54.6 Å². The van der Waals surface area contributed by atoms with E-state index in [4.69, 9.17) is 4.74 Å². The number of amides is 1. The minimum atomic E-state index is -0.610. The van der Waals surface area contributed by atoms with Gasteiger partial charge in [-0.3, -0.25) is 4.79 Å². The number of nitrogens with one attached hydrogen (secondary N) is 1. The molecule has 0 radical (unpaired) electrons. The van der Waals surface area contributed by atoms with Crippen molar-refractivity contribution in [1.82, 2.24) is 15.1 Å². The minimum Gasteiger partial charge on any atom is -0.452 e. The van der Waals surface area contributed by atoms with Gasteiger partial charge in [0, 0.05) is 17.8 Å². The lowest BCUT2D eigenvalue weighted by Crippen LogP contribution is -2.28. The molecular formula is C21H20FN3O3.